The van der Waals surface area contributed by atoms with Gasteiger partial charge in [0.25, 0.3) is 0 Å². The minimum absolute atomic E-state index is 0.101. The quantitative estimate of drug-likeness (QED) is 0.414. The van der Waals surface area contributed by atoms with E-state index in [0.29, 0.717) is 11.3 Å². The van der Waals surface area contributed by atoms with Crippen LogP contribution in [0.15, 0.2) is 36.6 Å². The highest BCUT2D eigenvalue weighted by molar-refractivity contribution is 6.05. The number of benzene rings is 1. The van der Waals surface area contributed by atoms with E-state index in [2.05, 4.69) is 12.3 Å². The maximum atomic E-state index is 11.5. The summed E-state index contributed by atoms with van der Waals surface area (Å²) in [5.74, 6) is 0.577. The van der Waals surface area contributed by atoms with Gasteiger partial charge in [-0.05, 0) is 24.6 Å². The normalized spacial score (nSPS) is 9.00. The number of carbonyl (C=O) groups is 1. The van der Waals surface area contributed by atoms with Crippen molar-refractivity contribution < 1.29 is 9.53 Å². The second-order valence-electron chi connectivity index (χ2n) is 2.89. The van der Waals surface area contributed by atoms with Gasteiger partial charge in [-0.15, -0.1) is 5.73 Å². The van der Waals surface area contributed by atoms with Crippen LogP contribution in [0.5, 0.6) is 5.75 Å². The highest BCUT2D eigenvalue weighted by Crippen LogP contribution is 2.17. The molecule has 0 fully saturated rings. The van der Waals surface area contributed by atoms with Gasteiger partial charge in [-0.1, -0.05) is 12.6 Å². The Morgan fingerprint density at radius 1 is 1.57 bits per heavy atom. The second kappa shape index (κ2) is 4.45. The van der Waals surface area contributed by atoms with Crippen molar-refractivity contribution >= 4 is 5.78 Å². The molecule has 1 rings (SSSR count). The van der Waals surface area contributed by atoms with E-state index >= 15 is 0 Å². The Morgan fingerprint density at radius 3 is 2.86 bits per heavy atom. The Hall–Kier alpha value is -1.79. The largest absolute Gasteiger partial charge is 0.497 e. The molecule has 2 heteroatoms. The third-order valence-electron chi connectivity index (χ3n) is 1.94. The van der Waals surface area contributed by atoms with Crippen LogP contribution in [0.2, 0.25) is 0 Å². The molecule has 0 saturated carbocycles. The van der Waals surface area contributed by atoms with E-state index in [1.165, 1.54) is 6.08 Å². The standard InChI is InChI=1S/C12H12O2/c1-4-5-12(13)11-8-10(14-3)7-6-9(11)2/h5-8H,1H2,2-3H3. The van der Waals surface area contributed by atoms with E-state index in [9.17, 15) is 4.79 Å². The summed E-state index contributed by atoms with van der Waals surface area (Å²) in [6, 6.07) is 5.39. The Balaban J connectivity index is 3.18. The average molecular weight is 188 g/mol. The van der Waals surface area contributed by atoms with Gasteiger partial charge in [0, 0.05) is 11.6 Å². The summed E-state index contributed by atoms with van der Waals surface area (Å²) in [5, 5.41) is 0. The van der Waals surface area contributed by atoms with Crippen molar-refractivity contribution in [3.05, 3.63) is 47.7 Å². The first-order valence-corrected chi connectivity index (χ1v) is 4.24. The summed E-state index contributed by atoms with van der Waals surface area (Å²) in [7, 11) is 1.57. The lowest BCUT2D eigenvalue weighted by Crippen LogP contribution is -1.98. The third-order valence-corrected chi connectivity index (χ3v) is 1.94. The number of aryl methyl sites for hydroxylation is 1. The van der Waals surface area contributed by atoms with Gasteiger partial charge in [-0.25, -0.2) is 0 Å². The minimum atomic E-state index is -0.101. The first-order valence-electron chi connectivity index (χ1n) is 4.24. The fourth-order valence-electron chi connectivity index (χ4n) is 1.16. The Kier molecular flexibility index (Phi) is 3.27. The molecule has 14 heavy (non-hydrogen) atoms. The first-order chi connectivity index (χ1) is 6.69. The maximum absolute atomic E-state index is 11.5. The monoisotopic (exact) mass is 188 g/mol. The second-order valence-corrected chi connectivity index (χ2v) is 2.89. The minimum Gasteiger partial charge on any atom is -0.497 e. The summed E-state index contributed by atoms with van der Waals surface area (Å²) in [4.78, 5) is 11.5. The zero-order valence-electron chi connectivity index (χ0n) is 8.33. The van der Waals surface area contributed by atoms with Crippen LogP contribution in [0.1, 0.15) is 15.9 Å². The molecule has 0 heterocycles. The van der Waals surface area contributed by atoms with Gasteiger partial charge in [0.1, 0.15) is 5.75 Å². The molecule has 72 valence electrons. The summed E-state index contributed by atoms with van der Waals surface area (Å²) in [6.07, 6.45) is 1.32. The summed E-state index contributed by atoms with van der Waals surface area (Å²) < 4.78 is 5.04. The van der Waals surface area contributed by atoms with Crippen molar-refractivity contribution in [2.75, 3.05) is 7.11 Å². The van der Waals surface area contributed by atoms with Gasteiger partial charge in [-0.3, -0.25) is 4.79 Å². The van der Waals surface area contributed by atoms with Crippen molar-refractivity contribution in [3.8, 4) is 5.75 Å². The lowest BCUT2D eigenvalue weighted by Gasteiger charge is -2.04. The van der Waals surface area contributed by atoms with E-state index in [1.807, 2.05) is 19.1 Å². The highest BCUT2D eigenvalue weighted by atomic mass is 16.5. The SMILES string of the molecule is C=C=CC(=O)c1cc(OC)ccc1C. The van der Waals surface area contributed by atoms with E-state index in [4.69, 9.17) is 4.74 Å². The summed E-state index contributed by atoms with van der Waals surface area (Å²) in [5.41, 5.74) is 4.01. The number of methoxy groups -OCH3 is 1. The fraction of sp³-hybridized carbons (Fsp3) is 0.167. The van der Waals surface area contributed by atoms with Crippen LogP contribution in [0.25, 0.3) is 0 Å². The Morgan fingerprint density at radius 2 is 2.29 bits per heavy atom. The Labute approximate surface area is 83.5 Å². The molecule has 0 saturated heterocycles. The van der Waals surface area contributed by atoms with Crippen LogP contribution in [0.3, 0.4) is 0 Å². The molecule has 0 amide bonds. The van der Waals surface area contributed by atoms with Gasteiger partial charge in [0.2, 0.25) is 0 Å². The topological polar surface area (TPSA) is 26.3 Å². The predicted molar refractivity (Wildman–Crippen MR) is 55.8 cm³/mol. The zero-order valence-corrected chi connectivity index (χ0v) is 8.33. The number of rotatable bonds is 3. The lowest BCUT2D eigenvalue weighted by molar-refractivity contribution is 0.104. The molecule has 0 unspecified atom stereocenters. The van der Waals surface area contributed by atoms with Crippen molar-refractivity contribution in [1.82, 2.24) is 0 Å². The molecule has 2 nitrogen and oxygen atoms in total. The molecule has 0 radical (unpaired) electrons. The van der Waals surface area contributed by atoms with Crippen molar-refractivity contribution in [2.24, 2.45) is 0 Å². The molecular weight excluding hydrogens is 176 g/mol. The van der Waals surface area contributed by atoms with E-state index in [1.54, 1.807) is 13.2 Å². The fourth-order valence-corrected chi connectivity index (χ4v) is 1.16. The number of ketones is 1. The van der Waals surface area contributed by atoms with Crippen molar-refractivity contribution in [2.45, 2.75) is 6.92 Å². The zero-order chi connectivity index (χ0) is 10.6. The molecule has 1 aromatic carbocycles. The molecular formula is C12H12O2. The average Bonchev–Trinajstić information content (AvgIpc) is 2.19. The number of ether oxygens (including phenoxy) is 1. The van der Waals surface area contributed by atoms with Crippen molar-refractivity contribution in [3.63, 3.8) is 0 Å². The molecule has 0 aromatic heterocycles. The van der Waals surface area contributed by atoms with Gasteiger partial charge >= 0.3 is 0 Å². The van der Waals surface area contributed by atoms with Gasteiger partial charge < -0.3 is 4.74 Å². The van der Waals surface area contributed by atoms with Crippen LogP contribution >= 0.6 is 0 Å². The summed E-state index contributed by atoms with van der Waals surface area (Å²) in [6.45, 7) is 5.24. The van der Waals surface area contributed by atoms with Gasteiger partial charge in [-0.2, -0.15) is 0 Å². The van der Waals surface area contributed by atoms with Crippen LogP contribution < -0.4 is 4.74 Å². The summed E-state index contributed by atoms with van der Waals surface area (Å²) >= 11 is 0. The molecule has 1 aromatic rings. The highest BCUT2D eigenvalue weighted by Gasteiger charge is 2.06. The molecule has 0 bridgehead atoms. The van der Waals surface area contributed by atoms with E-state index in [0.717, 1.165) is 5.56 Å². The van der Waals surface area contributed by atoms with Crippen LogP contribution in [0.4, 0.5) is 0 Å². The smallest absolute Gasteiger partial charge is 0.193 e. The first kappa shape index (κ1) is 10.3. The Bertz CT molecular complexity index is 399. The number of allylic oxidation sites excluding steroid dienone is 1. The molecule has 0 aliphatic heterocycles. The number of carbonyl (C=O) groups excluding carboxylic acids is 1. The van der Waals surface area contributed by atoms with Crippen LogP contribution in [-0.4, -0.2) is 12.9 Å². The lowest BCUT2D eigenvalue weighted by atomic mass is 10.0. The molecule has 0 N–H and O–H groups in total. The van der Waals surface area contributed by atoms with Crippen molar-refractivity contribution in [1.29, 1.82) is 0 Å². The predicted octanol–water partition coefficient (Wildman–Crippen LogP) is 2.53. The van der Waals surface area contributed by atoms with Crippen LogP contribution in [-0.2, 0) is 0 Å². The molecule has 0 aliphatic carbocycles. The van der Waals surface area contributed by atoms with Gasteiger partial charge in [0.05, 0.1) is 7.11 Å². The van der Waals surface area contributed by atoms with Gasteiger partial charge in [0.15, 0.2) is 5.78 Å². The number of hydrogen-bond donors (Lipinski definition) is 0. The number of hydrogen-bond acceptors (Lipinski definition) is 2. The molecule has 0 atom stereocenters. The van der Waals surface area contributed by atoms with Crippen LogP contribution in [0, 0.1) is 6.92 Å². The van der Waals surface area contributed by atoms with E-state index < -0.39 is 0 Å². The van der Waals surface area contributed by atoms with E-state index in [-0.39, 0.29) is 5.78 Å². The third kappa shape index (κ3) is 2.12. The maximum Gasteiger partial charge on any atom is 0.193 e. The molecule has 0 spiro atoms. The molecule has 0 aliphatic rings.